The van der Waals surface area contributed by atoms with Crippen molar-refractivity contribution in [2.45, 2.75) is 13.0 Å². The van der Waals surface area contributed by atoms with Crippen LogP contribution in [-0.4, -0.2) is 21.5 Å². The number of hydrogen-bond acceptors (Lipinski definition) is 3. The van der Waals surface area contributed by atoms with E-state index in [1.807, 2.05) is 0 Å². The quantitative estimate of drug-likeness (QED) is 0.776. The van der Waals surface area contributed by atoms with Gasteiger partial charge in [0.25, 0.3) is 0 Å². The van der Waals surface area contributed by atoms with E-state index in [2.05, 4.69) is 26.2 Å². The summed E-state index contributed by atoms with van der Waals surface area (Å²) in [6.07, 6.45) is 2.60. The minimum absolute atomic E-state index is 0.687. The predicted molar refractivity (Wildman–Crippen MR) is 41.4 cm³/mol. The van der Waals surface area contributed by atoms with Gasteiger partial charge < -0.3 is 5.73 Å². The summed E-state index contributed by atoms with van der Waals surface area (Å²) in [6.45, 7) is 1.52. The molecule has 5 heteroatoms. The van der Waals surface area contributed by atoms with E-state index in [9.17, 15) is 0 Å². The molecular weight excluding hydrogens is 196 g/mol. The van der Waals surface area contributed by atoms with Gasteiger partial charge in [0.1, 0.15) is 4.60 Å². The molecule has 1 rings (SSSR count). The third-order valence-electron chi connectivity index (χ3n) is 1.14. The number of nitrogens with zero attached hydrogens (tertiary/aromatic N) is 3. The fourth-order valence-corrected chi connectivity index (χ4v) is 0.978. The van der Waals surface area contributed by atoms with E-state index in [4.69, 9.17) is 5.73 Å². The molecule has 0 saturated heterocycles. The molecule has 1 aromatic heterocycles. The average Bonchev–Trinajstić information content (AvgIpc) is 2.31. The van der Waals surface area contributed by atoms with Gasteiger partial charge in [-0.3, -0.25) is 0 Å². The van der Waals surface area contributed by atoms with E-state index in [0.717, 1.165) is 17.6 Å². The van der Waals surface area contributed by atoms with Gasteiger partial charge in [-0.15, -0.1) is 5.10 Å². The first-order valence-electron chi connectivity index (χ1n) is 3.08. The maximum atomic E-state index is 5.32. The fourth-order valence-electron chi connectivity index (χ4n) is 0.638. The zero-order valence-electron chi connectivity index (χ0n) is 5.50. The Bertz CT molecular complexity index is 197. The summed E-state index contributed by atoms with van der Waals surface area (Å²) in [7, 11) is 0. The SMILES string of the molecule is NCCCn1nncc1Br. The van der Waals surface area contributed by atoms with Crippen LogP contribution in [-0.2, 0) is 6.54 Å². The second kappa shape index (κ2) is 3.68. The minimum atomic E-state index is 0.687. The van der Waals surface area contributed by atoms with Crippen LogP contribution in [0.4, 0.5) is 0 Å². The van der Waals surface area contributed by atoms with Gasteiger partial charge in [-0.05, 0) is 28.9 Å². The maximum Gasteiger partial charge on any atom is 0.124 e. The lowest BCUT2D eigenvalue weighted by Crippen LogP contribution is -2.07. The lowest BCUT2D eigenvalue weighted by atomic mass is 10.4. The standard InChI is InChI=1S/C5H9BrN4/c6-5-4-8-9-10(5)3-1-2-7/h4H,1-3,7H2. The Morgan fingerprint density at radius 3 is 3.00 bits per heavy atom. The number of aryl methyl sites for hydroxylation is 1. The Kier molecular flexibility index (Phi) is 2.82. The molecule has 0 atom stereocenters. The highest BCUT2D eigenvalue weighted by molar-refractivity contribution is 9.10. The van der Waals surface area contributed by atoms with Crippen LogP contribution >= 0.6 is 15.9 Å². The highest BCUT2D eigenvalue weighted by Gasteiger charge is 1.96. The normalized spacial score (nSPS) is 10.2. The van der Waals surface area contributed by atoms with E-state index >= 15 is 0 Å². The van der Waals surface area contributed by atoms with E-state index in [1.54, 1.807) is 10.9 Å². The van der Waals surface area contributed by atoms with Crippen molar-refractivity contribution in [3.63, 3.8) is 0 Å². The molecule has 56 valence electrons. The van der Waals surface area contributed by atoms with Gasteiger partial charge in [0.05, 0.1) is 6.20 Å². The van der Waals surface area contributed by atoms with Crippen LogP contribution in [0.2, 0.25) is 0 Å². The van der Waals surface area contributed by atoms with Crippen molar-refractivity contribution < 1.29 is 0 Å². The number of halogens is 1. The zero-order valence-corrected chi connectivity index (χ0v) is 7.08. The molecule has 0 fully saturated rings. The maximum absolute atomic E-state index is 5.32. The summed E-state index contributed by atoms with van der Waals surface area (Å²) in [5.74, 6) is 0. The van der Waals surface area contributed by atoms with Gasteiger partial charge in [0.15, 0.2) is 0 Å². The van der Waals surface area contributed by atoms with Crippen LogP contribution in [0.3, 0.4) is 0 Å². The smallest absolute Gasteiger partial charge is 0.124 e. The molecule has 0 aliphatic carbocycles. The molecule has 0 aliphatic heterocycles. The lowest BCUT2D eigenvalue weighted by Gasteiger charge is -1.97. The van der Waals surface area contributed by atoms with Crippen LogP contribution in [0.15, 0.2) is 10.8 Å². The molecule has 0 spiro atoms. The summed E-state index contributed by atoms with van der Waals surface area (Å²) < 4.78 is 2.67. The molecule has 2 N–H and O–H groups in total. The van der Waals surface area contributed by atoms with E-state index < -0.39 is 0 Å². The van der Waals surface area contributed by atoms with Gasteiger partial charge in [0, 0.05) is 6.54 Å². The average molecular weight is 205 g/mol. The molecule has 0 amide bonds. The zero-order chi connectivity index (χ0) is 7.40. The third kappa shape index (κ3) is 1.78. The molecule has 0 aromatic carbocycles. The van der Waals surface area contributed by atoms with Gasteiger partial charge in [0.2, 0.25) is 0 Å². The predicted octanol–water partition coefficient (Wildman–Crippen LogP) is 0.389. The Hall–Kier alpha value is -0.420. The van der Waals surface area contributed by atoms with Crippen LogP contribution in [0.5, 0.6) is 0 Å². The van der Waals surface area contributed by atoms with Crippen LogP contribution in [0, 0.1) is 0 Å². The van der Waals surface area contributed by atoms with E-state index in [1.165, 1.54) is 0 Å². The molecule has 0 bridgehead atoms. The van der Waals surface area contributed by atoms with Crippen molar-refractivity contribution in [2.24, 2.45) is 5.73 Å². The molecule has 0 radical (unpaired) electrons. The fraction of sp³-hybridized carbons (Fsp3) is 0.600. The Morgan fingerprint density at radius 2 is 2.50 bits per heavy atom. The van der Waals surface area contributed by atoms with Crippen molar-refractivity contribution in [3.8, 4) is 0 Å². The monoisotopic (exact) mass is 204 g/mol. The van der Waals surface area contributed by atoms with Crippen molar-refractivity contribution in [2.75, 3.05) is 6.54 Å². The summed E-state index contributed by atoms with van der Waals surface area (Å²) in [6, 6.07) is 0. The lowest BCUT2D eigenvalue weighted by molar-refractivity contribution is 0.555. The second-order valence-corrected chi connectivity index (χ2v) is 2.73. The number of rotatable bonds is 3. The van der Waals surface area contributed by atoms with E-state index in [-0.39, 0.29) is 0 Å². The van der Waals surface area contributed by atoms with Crippen LogP contribution < -0.4 is 5.73 Å². The van der Waals surface area contributed by atoms with Crippen LogP contribution in [0.25, 0.3) is 0 Å². The third-order valence-corrected chi connectivity index (χ3v) is 1.76. The van der Waals surface area contributed by atoms with Gasteiger partial charge >= 0.3 is 0 Å². The second-order valence-electron chi connectivity index (χ2n) is 1.92. The van der Waals surface area contributed by atoms with Gasteiger partial charge in [-0.1, -0.05) is 5.21 Å². The van der Waals surface area contributed by atoms with E-state index in [0.29, 0.717) is 6.54 Å². The first-order chi connectivity index (χ1) is 4.84. The largest absolute Gasteiger partial charge is 0.330 e. The van der Waals surface area contributed by atoms with Crippen molar-refractivity contribution in [1.29, 1.82) is 0 Å². The van der Waals surface area contributed by atoms with Crippen molar-refractivity contribution in [3.05, 3.63) is 10.8 Å². The topological polar surface area (TPSA) is 56.7 Å². The van der Waals surface area contributed by atoms with Crippen molar-refractivity contribution >= 4 is 15.9 Å². The minimum Gasteiger partial charge on any atom is -0.330 e. The number of nitrogens with two attached hydrogens (primary N) is 1. The Balaban J connectivity index is 2.49. The molecule has 1 heterocycles. The molecule has 10 heavy (non-hydrogen) atoms. The molecule has 0 saturated carbocycles. The first kappa shape index (κ1) is 7.68. The number of hydrogen-bond donors (Lipinski definition) is 1. The van der Waals surface area contributed by atoms with Crippen LogP contribution in [0.1, 0.15) is 6.42 Å². The molecular formula is C5H9BrN4. The summed E-state index contributed by atoms with van der Waals surface area (Å²) in [5.41, 5.74) is 5.32. The Labute approximate surface area is 67.5 Å². The number of aromatic nitrogens is 3. The molecule has 1 aromatic rings. The molecule has 0 aliphatic rings. The molecule has 4 nitrogen and oxygen atoms in total. The highest BCUT2D eigenvalue weighted by Crippen LogP contribution is 2.05. The summed E-state index contributed by atoms with van der Waals surface area (Å²) >= 11 is 3.29. The van der Waals surface area contributed by atoms with Gasteiger partial charge in [-0.25, -0.2) is 4.68 Å². The first-order valence-corrected chi connectivity index (χ1v) is 3.88. The van der Waals surface area contributed by atoms with Gasteiger partial charge in [-0.2, -0.15) is 0 Å². The summed E-state index contributed by atoms with van der Waals surface area (Å²) in [5, 5.41) is 7.52. The summed E-state index contributed by atoms with van der Waals surface area (Å²) in [4.78, 5) is 0. The molecule has 0 unspecified atom stereocenters. The Morgan fingerprint density at radius 1 is 1.70 bits per heavy atom. The highest BCUT2D eigenvalue weighted by atomic mass is 79.9. The van der Waals surface area contributed by atoms with Crippen molar-refractivity contribution in [1.82, 2.24) is 15.0 Å².